The van der Waals surface area contributed by atoms with Gasteiger partial charge in [-0.15, -0.1) is 5.10 Å². The standard InChI is InChI=1S/C24H22N4O/c1-17-6-2-3-8-20(17)16-28-23-11-10-19(14-22(23)25-26-28)24(29)27-13-12-18-7-4-5-9-21(18)15-27/h2-11,14H,12-13,15-16H2,1H3. The monoisotopic (exact) mass is 382 g/mol. The molecule has 1 aromatic heterocycles. The molecule has 5 rings (SSSR count). The fraction of sp³-hybridized carbons (Fsp3) is 0.208. The van der Waals surface area contributed by atoms with Gasteiger partial charge in [-0.3, -0.25) is 4.79 Å². The maximum atomic E-state index is 13.1. The van der Waals surface area contributed by atoms with E-state index in [2.05, 4.69) is 47.6 Å². The number of benzene rings is 3. The van der Waals surface area contributed by atoms with Gasteiger partial charge in [0, 0.05) is 18.7 Å². The molecule has 5 nitrogen and oxygen atoms in total. The molecule has 0 saturated carbocycles. The fourth-order valence-corrected chi connectivity index (χ4v) is 4.02. The molecule has 0 unspecified atom stereocenters. The second kappa shape index (κ2) is 7.17. The molecule has 1 aliphatic rings. The van der Waals surface area contributed by atoms with Crippen LogP contribution in [0.4, 0.5) is 0 Å². The molecule has 4 aromatic rings. The highest BCUT2D eigenvalue weighted by Gasteiger charge is 2.22. The van der Waals surface area contributed by atoms with Crippen molar-refractivity contribution in [3.05, 3.63) is 94.5 Å². The molecule has 0 spiro atoms. The van der Waals surface area contributed by atoms with E-state index in [1.54, 1.807) is 0 Å². The van der Waals surface area contributed by atoms with E-state index in [0.29, 0.717) is 18.7 Å². The van der Waals surface area contributed by atoms with Gasteiger partial charge in [-0.1, -0.05) is 53.7 Å². The number of nitrogens with zero attached hydrogens (tertiary/aromatic N) is 4. The van der Waals surface area contributed by atoms with E-state index >= 15 is 0 Å². The molecule has 144 valence electrons. The molecular weight excluding hydrogens is 360 g/mol. The van der Waals surface area contributed by atoms with E-state index in [-0.39, 0.29) is 5.91 Å². The van der Waals surface area contributed by atoms with Crippen LogP contribution in [0, 0.1) is 6.92 Å². The first kappa shape index (κ1) is 17.6. The molecule has 0 saturated heterocycles. The van der Waals surface area contributed by atoms with Crippen molar-refractivity contribution in [3.63, 3.8) is 0 Å². The molecule has 0 atom stereocenters. The van der Waals surface area contributed by atoms with Crippen molar-refractivity contribution in [2.24, 2.45) is 0 Å². The summed E-state index contributed by atoms with van der Waals surface area (Å²) >= 11 is 0. The van der Waals surface area contributed by atoms with Crippen LogP contribution in [0.15, 0.2) is 66.7 Å². The van der Waals surface area contributed by atoms with E-state index in [4.69, 9.17) is 0 Å². The van der Waals surface area contributed by atoms with Gasteiger partial charge in [0.1, 0.15) is 5.52 Å². The second-order valence-corrected chi connectivity index (χ2v) is 7.62. The van der Waals surface area contributed by atoms with Crippen molar-refractivity contribution in [1.29, 1.82) is 0 Å². The Labute approximate surface area is 169 Å². The molecule has 1 aliphatic heterocycles. The van der Waals surface area contributed by atoms with E-state index in [0.717, 1.165) is 24.0 Å². The number of carbonyl (C=O) groups excluding carboxylic acids is 1. The summed E-state index contributed by atoms with van der Waals surface area (Å²) < 4.78 is 1.89. The van der Waals surface area contributed by atoms with E-state index < -0.39 is 0 Å². The lowest BCUT2D eigenvalue weighted by molar-refractivity contribution is 0.0735. The van der Waals surface area contributed by atoms with Crippen LogP contribution in [-0.4, -0.2) is 32.3 Å². The number of hydrogen-bond acceptors (Lipinski definition) is 3. The average Bonchev–Trinajstić information content (AvgIpc) is 3.16. The third-order valence-electron chi connectivity index (χ3n) is 5.76. The second-order valence-electron chi connectivity index (χ2n) is 7.62. The largest absolute Gasteiger partial charge is 0.334 e. The summed E-state index contributed by atoms with van der Waals surface area (Å²) in [5, 5.41) is 8.63. The lowest BCUT2D eigenvalue weighted by atomic mass is 9.99. The Morgan fingerprint density at radius 3 is 2.66 bits per heavy atom. The Balaban J connectivity index is 1.40. The molecule has 0 bridgehead atoms. The highest BCUT2D eigenvalue weighted by molar-refractivity contribution is 5.97. The third-order valence-corrected chi connectivity index (χ3v) is 5.76. The molecule has 0 aliphatic carbocycles. The van der Waals surface area contributed by atoms with Crippen molar-refractivity contribution in [2.75, 3.05) is 6.54 Å². The molecule has 2 heterocycles. The first-order valence-electron chi connectivity index (χ1n) is 9.93. The van der Waals surface area contributed by atoms with Crippen LogP contribution >= 0.6 is 0 Å². The summed E-state index contributed by atoms with van der Waals surface area (Å²) in [6.45, 7) is 4.17. The Hall–Kier alpha value is -3.47. The van der Waals surface area contributed by atoms with Gasteiger partial charge in [0.15, 0.2) is 0 Å². The van der Waals surface area contributed by atoms with Gasteiger partial charge in [-0.2, -0.15) is 0 Å². The van der Waals surface area contributed by atoms with Crippen LogP contribution in [0.2, 0.25) is 0 Å². The van der Waals surface area contributed by atoms with Gasteiger partial charge in [-0.05, 0) is 53.8 Å². The number of fused-ring (bicyclic) bond motifs is 2. The Morgan fingerprint density at radius 1 is 1.00 bits per heavy atom. The summed E-state index contributed by atoms with van der Waals surface area (Å²) in [7, 11) is 0. The van der Waals surface area contributed by atoms with Crippen molar-refractivity contribution in [1.82, 2.24) is 19.9 Å². The number of aromatic nitrogens is 3. The maximum absolute atomic E-state index is 13.1. The Bertz CT molecular complexity index is 1210. The summed E-state index contributed by atoms with van der Waals surface area (Å²) in [6, 6.07) is 22.3. The molecule has 3 aromatic carbocycles. The summed E-state index contributed by atoms with van der Waals surface area (Å²) in [5.41, 5.74) is 7.37. The van der Waals surface area contributed by atoms with Crippen molar-refractivity contribution < 1.29 is 4.79 Å². The quantitative estimate of drug-likeness (QED) is 0.538. The van der Waals surface area contributed by atoms with Gasteiger partial charge >= 0.3 is 0 Å². The third kappa shape index (κ3) is 3.29. The molecule has 29 heavy (non-hydrogen) atoms. The molecule has 0 fully saturated rings. The van der Waals surface area contributed by atoms with E-state index in [1.807, 2.05) is 46.0 Å². The Kier molecular flexibility index (Phi) is 4.35. The minimum Gasteiger partial charge on any atom is -0.334 e. The van der Waals surface area contributed by atoms with Gasteiger partial charge in [0.05, 0.1) is 12.1 Å². The zero-order valence-electron chi connectivity index (χ0n) is 16.4. The molecular formula is C24H22N4O. The van der Waals surface area contributed by atoms with Crippen molar-refractivity contribution in [3.8, 4) is 0 Å². The SMILES string of the molecule is Cc1ccccc1Cn1nnc2cc(C(=O)N3CCc4ccccc4C3)ccc21. The van der Waals surface area contributed by atoms with Crippen LogP contribution in [0.1, 0.15) is 32.6 Å². The molecule has 0 N–H and O–H groups in total. The first-order chi connectivity index (χ1) is 14.2. The number of aryl methyl sites for hydroxylation is 1. The van der Waals surface area contributed by atoms with Gasteiger partial charge in [0.25, 0.3) is 5.91 Å². The van der Waals surface area contributed by atoms with Gasteiger partial charge in [-0.25, -0.2) is 4.68 Å². The number of rotatable bonds is 3. The molecule has 1 amide bonds. The van der Waals surface area contributed by atoms with Gasteiger partial charge < -0.3 is 4.90 Å². The van der Waals surface area contributed by atoms with Crippen molar-refractivity contribution >= 4 is 16.9 Å². The molecule has 5 heteroatoms. The summed E-state index contributed by atoms with van der Waals surface area (Å²) in [4.78, 5) is 15.0. The van der Waals surface area contributed by atoms with Crippen molar-refractivity contribution in [2.45, 2.75) is 26.4 Å². The normalized spacial score (nSPS) is 13.5. The number of amides is 1. The lowest BCUT2D eigenvalue weighted by Crippen LogP contribution is -2.35. The topological polar surface area (TPSA) is 51.0 Å². The molecule has 0 radical (unpaired) electrons. The average molecular weight is 382 g/mol. The minimum absolute atomic E-state index is 0.0508. The van der Waals surface area contributed by atoms with E-state index in [9.17, 15) is 4.79 Å². The summed E-state index contributed by atoms with van der Waals surface area (Å²) in [6.07, 6.45) is 0.900. The fourth-order valence-electron chi connectivity index (χ4n) is 4.02. The summed E-state index contributed by atoms with van der Waals surface area (Å²) in [5.74, 6) is 0.0508. The van der Waals surface area contributed by atoms with Gasteiger partial charge in [0.2, 0.25) is 0 Å². The first-order valence-corrected chi connectivity index (χ1v) is 9.93. The lowest BCUT2D eigenvalue weighted by Gasteiger charge is -2.29. The highest BCUT2D eigenvalue weighted by atomic mass is 16.2. The highest BCUT2D eigenvalue weighted by Crippen LogP contribution is 2.22. The zero-order valence-corrected chi connectivity index (χ0v) is 16.4. The maximum Gasteiger partial charge on any atom is 0.254 e. The number of carbonyl (C=O) groups is 1. The predicted octanol–water partition coefficient (Wildman–Crippen LogP) is 3.99. The zero-order chi connectivity index (χ0) is 19.8. The van der Waals surface area contributed by atoms with Crippen LogP contribution in [0.5, 0.6) is 0 Å². The number of hydrogen-bond donors (Lipinski definition) is 0. The predicted molar refractivity (Wildman–Crippen MR) is 113 cm³/mol. The van der Waals surface area contributed by atoms with Crippen LogP contribution in [-0.2, 0) is 19.5 Å². The van der Waals surface area contributed by atoms with Crippen LogP contribution in [0.3, 0.4) is 0 Å². The van der Waals surface area contributed by atoms with Crippen LogP contribution < -0.4 is 0 Å². The minimum atomic E-state index is 0.0508. The Morgan fingerprint density at radius 2 is 1.79 bits per heavy atom. The smallest absolute Gasteiger partial charge is 0.254 e. The van der Waals surface area contributed by atoms with Crippen LogP contribution in [0.25, 0.3) is 11.0 Å². The van der Waals surface area contributed by atoms with E-state index in [1.165, 1.54) is 22.3 Å².